The van der Waals surface area contributed by atoms with Gasteiger partial charge in [-0.2, -0.15) is 0 Å². The molecule has 19 heavy (non-hydrogen) atoms. The zero-order valence-corrected chi connectivity index (χ0v) is 10.0. The molecule has 0 aliphatic heterocycles. The number of aromatic nitrogens is 1. The molecule has 0 spiro atoms. The molecule has 4 nitrogen and oxygen atoms in total. The van der Waals surface area contributed by atoms with Crippen LogP contribution in [0.5, 0.6) is 0 Å². The van der Waals surface area contributed by atoms with Gasteiger partial charge in [0.2, 0.25) is 0 Å². The second-order valence-electron chi connectivity index (χ2n) is 4.28. The number of rotatable bonds is 3. The van der Waals surface area contributed by atoms with E-state index in [1.54, 1.807) is 0 Å². The van der Waals surface area contributed by atoms with Gasteiger partial charge in [0, 0.05) is 5.39 Å². The van der Waals surface area contributed by atoms with E-state index in [0.717, 1.165) is 16.5 Å². The molecule has 94 valence electrons. The first kappa shape index (κ1) is 11.5. The molecule has 0 radical (unpaired) electrons. The summed E-state index contributed by atoms with van der Waals surface area (Å²) in [5, 5.41) is 13.4. The molecule has 1 aromatic heterocycles. The molecule has 0 saturated carbocycles. The van der Waals surface area contributed by atoms with Crippen molar-refractivity contribution in [3.05, 3.63) is 54.2 Å². The van der Waals surface area contributed by atoms with Crippen LogP contribution in [0.1, 0.15) is 5.69 Å². The third-order valence-corrected chi connectivity index (χ3v) is 2.97. The van der Waals surface area contributed by atoms with E-state index in [4.69, 9.17) is 9.63 Å². The number of carboxylic acids is 1. The Balaban J connectivity index is 2.11. The summed E-state index contributed by atoms with van der Waals surface area (Å²) in [6.45, 7) is 0. The summed E-state index contributed by atoms with van der Waals surface area (Å²) in [5.41, 5.74) is 3.16. The van der Waals surface area contributed by atoms with Gasteiger partial charge >= 0.3 is 5.97 Å². The van der Waals surface area contributed by atoms with E-state index in [2.05, 4.69) is 5.16 Å². The number of nitrogens with zero attached hydrogens (tertiary/aromatic N) is 1. The average molecular weight is 253 g/mol. The SMILES string of the molecule is O=C(O)Cc1noc2ccc(-c3ccccc3)cc12. The molecule has 0 saturated heterocycles. The maximum Gasteiger partial charge on any atom is 0.309 e. The smallest absolute Gasteiger partial charge is 0.309 e. The summed E-state index contributed by atoms with van der Waals surface area (Å²) in [6, 6.07) is 15.6. The van der Waals surface area contributed by atoms with Crippen molar-refractivity contribution in [2.24, 2.45) is 0 Å². The van der Waals surface area contributed by atoms with Crippen molar-refractivity contribution in [1.29, 1.82) is 0 Å². The van der Waals surface area contributed by atoms with Gasteiger partial charge < -0.3 is 9.63 Å². The Morgan fingerprint density at radius 1 is 1.11 bits per heavy atom. The van der Waals surface area contributed by atoms with E-state index >= 15 is 0 Å². The van der Waals surface area contributed by atoms with Crippen LogP contribution in [-0.4, -0.2) is 16.2 Å². The van der Waals surface area contributed by atoms with Crippen molar-refractivity contribution in [3.63, 3.8) is 0 Å². The van der Waals surface area contributed by atoms with E-state index in [0.29, 0.717) is 11.3 Å². The molecular formula is C15H11NO3. The lowest BCUT2D eigenvalue weighted by molar-refractivity contribution is -0.136. The van der Waals surface area contributed by atoms with Crippen molar-refractivity contribution >= 4 is 16.9 Å². The Hall–Kier alpha value is -2.62. The summed E-state index contributed by atoms with van der Waals surface area (Å²) in [5.74, 6) is -0.916. The molecular weight excluding hydrogens is 242 g/mol. The molecule has 3 rings (SSSR count). The summed E-state index contributed by atoms with van der Waals surface area (Å²) in [4.78, 5) is 10.8. The summed E-state index contributed by atoms with van der Waals surface area (Å²) in [6.07, 6.45) is -0.134. The molecule has 0 fully saturated rings. The Morgan fingerprint density at radius 2 is 1.89 bits per heavy atom. The van der Waals surface area contributed by atoms with Crippen molar-refractivity contribution in [2.75, 3.05) is 0 Å². The fourth-order valence-electron chi connectivity index (χ4n) is 2.07. The van der Waals surface area contributed by atoms with Crippen molar-refractivity contribution in [3.8, 4) is 11.1 Å². The highest BCUT2D eigenvalue weighted by Crippen LogP contribution is 2.26. The third-order valence-electron chi connectivity index (χ3n) is 2.97. The number of benzene rings is 2. The van der Waals surface area contributed by atoms with E-state index in [1.807, 2.05) is 48.5 Å². The van der Waals surface area contributed by atoms with Gasteiger partial charge in [0.15, 0.2) is 5.58 Å². The van der Waals surface area contributed by atoms with Crippen LogP contribution >= 0.6 is 0 Å². The first-order chi connectivity index (χ1) is 9.24. The first-order valence-electron chi connectivity index (χ1n) is 5.89. The summed E-state index contributed by atoms with van der Waals surface area (Å²) < 4.78 is 5.13. The molecule has 0 aliphatic rings. The highest BCUT2D eigenvalue weighted by Gasteiger charge is 2.12. The molecule has 2 aromatic carbocycles. The zero-order chi connectivity index (χ0) is 13.2. The van der Waals surface area contributed by atoms with Crippen molar-refractivity contribution in [1.82, 2.24) is 5.16 Å². The molecule has 3 aromatic rings. The minimum absolute atomic E-state index is 0.134. The predicted molar refractivity (Wildman–Crippen MR) is 70.8 cm³/mol. The molecule has 0 amide bonds. The highest BCUT2D eigenvalue weighted by molar-refractivity contribution is 5.87. The van der Waals surface area contributed by atoms with E-state index < -0.39 is 5.97 Å². The lowest BCUT2D eigenvalue weighted by atomic mass is 10.0. The van der Waals surface area contributed by atoms with Gasteiger partial charge in [-0.05, 0) is 23.3 Å². The molecule has 0 aliphatic carbocycles. The molecule has 1 heterocycles. The van der Waals surface area contributed by atoms with Gasteiger partial charge in [0.1, 0.15) is 5.69 Å². The number of hydrogen-bond donors (Lipinski definition) is 1. The van der Waals surface area contributed by atoms with E-state index in [-0.39, 0.29) is 6.42 Å². The standard InChI is InChI=1S/C15H11NO3/c17-15(18)9-13-12-8-11(6-7-14(12)19-16-13)10-4-2-1-3-5-10/h1-8H,9H2,(H,17,18). The highest BCUT2D eigenvalue weighted by atomic mass is 16.5. The van der Waals surface area contributed by atoms with E-state index in [9.17, 15) is 4.79 Å². The monoisotopic (exact) mass is 253 g/mol. The maximum atomic E-state index is 10.8. The topological polar surface area (TPSA) is 63.3 Å². The quantitative estimate of drug-likeness (QED) is 0.778. The molecule has 4 heteroatoms. The van der Waals surface area contributed by atoms with Crippen molar-refractivity contribution < 1.29 is 14.4 Å². The van der Waals surface area contributed by atoms with Crippen LogP contribution in [0, 0.1) is 0 Å². The fraction of sp³-hybridized carbons (Fsp3) is 0.0667. The van der Waals surface area contributed by atoms with Gasteiger partial charge in [-0.25, -0.2) is 0 Å². The van der Waals surface area contributed by atoms with Gasteiger partial charge in [0.25, 0.3) is 0 Å². The predicted octanol–water partition coefficient (Wildman–Crippen LogP) is 3.12. The summed E-state index contributed by atoms with van der Waals surface area (Å²) in [7, 11) is 0. The van der Waals surface area contributed by atoms with Crippen LogP contribution in [0.4, 0.5) is 0 Å². The minimum atomic E-state index is -0.916. The number of aliphatic carboxylic acids is 1. The van der Waals surface area contributed by atoms with Crippen LogP contribution in [0.3, 0.4) is 0 Å². The Labute approximate surface area is 109 Å². The summed E-state index contributed by atoms with van der Waals surface area (Å²) >= 11 is 0. The van der Waals surface area contributed by atoms with Crippen LogP contribution in [-0.2, 0) is 11.2 Å². The zero-order valence-electron chi connectivity index (χ0n) is 10.0. The second-order valence-corrected chi connectivity index (χ2v) is 4.28. The fourth-order valence-corrected chi connectivity index (χ4v) is 2.07. The largest absolute Gasteiger partial charge is 0.481 e. The van der Waals surface area contributed by atoms with Crippen LogP contribution < -0.4 is 0 Å². The Kier molecular flexibility index (Phi) is 2.76. The lowest BCUT2D eigenvalue weighted by Crippen LogP contribution is -2.00. The van der Waals surface area contributed by atoms with Gasteiger partial charge in [-0.15, -0.1) is 0 Å². The Morgan fingerprint density at radius 3 is 2.63 bits per heavy atom. The normalized spacial score (nSPS) is 10.7. The number of hydrogen-bond acceptors (Lipinski definition) is 3. The second kappa shape index (κ2) is 4.57. The average Bonchev–Trinajstić information content (AvgIpc) is 2.82. The molecule has 0 unspecified atom stereocenters. The van der Waals surface area contributed by atoms with Crippen LogP contribution in [0.2, 0.25) is 0 Å². The minimum Gasteiger partial charge on any atom is -0.481 e. The maximum absolute atomic E-state index is 10.8. The molecule has 0 atom stereocenters. The first-order valence-corrected chi connectivity index (χ1v) is 5.89. The molecule has 0 bridgehead atoms. The van der Waals surface area contributed by atoms with Gasteiger partial charge in [0.05, 0.1) is 6.42 Å². The van der Waals surface area contributed by atoms with Gasteiger partial charge in [-0.1, -0.05) is 41.6 Å². The Bertz CT molecular complexity index is 731. The lowest BCUT2D eigenvalue weighted by Gasteiger charge is -2.01. The number of fused-ring (bicyclic) bond motifs is 1. The molecule has 1 N–H and O–H groups in total. The van der Waals surface area contributed by atoms with E-state index in [1.165, 1.54) is 0 Å². The van der Waals surface area contributed by atoms with Crippen LogP contribution in [0.25, 0.3) is 22.1 Å². The van der Waals surface area contributed by atoms with Crippen LogP contribution in [0.15, 0.2) is 53.1 Å². The van der Waals surface area contributed by atoms with Crippen molar-refractivity contribution in [2.45, 2.75) is 6.42 Å². The number of carboxylic acid groups (broad SMARTS) is 1. The third kappa shape index (κ3) is 2.20. The van der Waals surface area contributed by atoms with Gasteiger partial charge in [-0.3, -0.25) is 4.79 Å². The number of carbonyl (C=O) groups is 1.